The Balaban J connectivity index is 0.00000288. The Labute approximate surface area is 159 Å². The van der Waals surface area contributed by atoms with E-state index in [1.165, 1.54) is 0 Å². The molecular weight excluding hydrogens is 369 g/mol. The third kappa shape index (κ3) is 7.39. The van der Waals surface area contributed by atoms with Crippen molar-refractivity contribution < 1.29 is 9.84 Å². The van der Waals surface area contributed by atoms with Crippen molar-refractivity contribution >= 4 is 35.6 Å². The number of hydrogen-bond donors (Lipinski definition) is 2. The molecule has 0 saturated carbocycles. The van der Waals surface area contributed by atoms with Gasteiger partial charge in [-0.3, -0.25) is 0 Å². The maximum atomic E-state index is 9.99. The Bertz CT molecular complexity index is 607. The van der Waals surface area contributed by atoms with Gasteiger partial charge in [0.1, 0.15) is 0 Å². The fraction of sp³-hybridized carbons (Fsp3) is 0.333. The lowest BCUT2D eigenvalue weighted by Crippen LogP contribution is -2.32. The van der Waals surface area contributed by atoms with Gasteiger partial charge in [0.15, 0.2) is 0 Å². The van der Waals surface area contributed by atoms with Crippen molar-refractivity contribution in [2.75, 3.05) is 13.2 Å². The number of halogens is 3. The maximum absolute atomic E-state index is 9.99. The van der Waals surface area contributed by atoms with Crippen molar-refractivity contribution in [2.45, 2.75) is 25.7 Å². The van der Waals surface area contributed by atoms with Crippen LogP contribution < -0.4 is 5.32 Å². The second-order valence-corrected chi connectivity index (χ2v) is 6.35. The number of aliphatic hydroxyl groups is 1. The molecule has 0 aromatic heterocycles. The van der Waals surface area contributed by atoms with Crippen molar-refractivity contribution in [3.8, 4) is 0 Å². The standard InChI is InChI=1S/C18H21Cl2NO2.ClH/c1-13(15-3-2-4-17(20)9-15)21-10-18(22)12-23-11-14-5-7-16(19)8-6-14;/h2-9,13,18,21-22H,10-12H2,1H3;1H. The lowest BCUT2D eigenvalue weighted by atomic mass is 10.1. The molecule has 24 heavy (non-hydrogen) atoms. The predicted molar refractivity (Wildman–Crippen MR) is 102 cm³/mol. The van der Waals surface area contributed by atoms with Gasteiger partial charge in [-0.2, -0.15) is 0 Å². The maximum Gasteiger partial charge on any atom is 0.0898 e. The van der Waals surface area contributed by atoms with E-state index in [1.807, 2.05) is 55.5 Å². The summed E-state index contributed by atoms with van der Waals surface area (Å²) in [6.07, 6.45) is -0.566. The first kappa shape index (κ1) is 21.2. The van der Waals surface area contributed by atoms with Crippen LogP contribution in [0.1, 0.15) is 24.1 Å². The first-order chi connectivity index (χ1) is 11.0. The minimum absolute atomic E-state index is 0. The molecule has 0 amide bonds. The Morgan fingerprint density at radius 2 is 1.79 bits per heavy atom. The molecule has 0 saturated heterocycles. The van der Waals surface area contributed by atoms with Gasteiger partial charge >= 0.3 is 0 Å². The summed E-state index contributed by atoms with van der Waals surface area (Å²) in [4.78, 5) is 0. The number of rotatable bonds is 8. The largest absolute Gasteiger partial charge is 0.389 e. The van der Waals surface area contributed by atoms with Crippen LogP contribution in [0.25, 0.3) is 0 Å². The van der Waals surface area contributed by atoms with Crippen LogP contribution >= 0.6 is 35.6 Å². The Morgan fingerprint density at radius 1 is 1.08 bits per heavy atom. The van der Waals surface area contributed by atoms with Gasteiger partial charge in [0.05, 0.1) is 19.3 Å². The summed E-state index contributed by atoms with van der Waals surface area (Å²) in [6.45, 7) is 3.22. The van der Waals surface area contributed by atoms with Crippen LogP contribution in [-0.4, -0.2) is 24.4 Å². The highest BCUT2D eigenvalue weighted by atomic mass is 35.5. The summed E-state index contributed by atoms with van der Waals surface area (Å²) in [5, 5.41) is 14.7. The van der Waals surface area contributed by atoms with Gasteiger partial charge < -0.3 is 15.2 Å². The number of benzene rings is 2. The van der Waals surface area contributed by atoms with Crippen molar-refractivity contribution in [3.63, 3.8) is 0 Å². The molecule has 0 aliphatic heterocycles. The van der Waals surface area contributed by atoms with Gasteiger partial charge in [0.2, 0.25) is 0 Å². The van der Waals surface area contributed by atoms with Gasteiger partial charge in [-0.15, -0.1) is 12.4 Å². The predicted octanol–water partition coefficient (Wildman–Crippen LogP) is 4.64. The number of hydrogen-bond acceptors (Lipinski definition) is 3. The fourth-order valence-electron chi connectivity index (χ4n) is 2.16. The summed E-state index contributed by atoms with van der Waals surface area (Å²) in [6, 6.07) is 15.3. The molecule has 2 unspecified atom stereocenters. The van der Waals surface area contributed by atoms with E-state index in [0.717, 1.165) is 11.1 Å². The Hall–Kier alpha value is -0.810. The number of aliphatic hydroxyl groups excluding tert-OH is 1. The third-order valence-corrected chi connectivity index (χ3v) is 3.99. The highest BCUT2D eigenvalue weighted by Gasteiger charge is 2.09. The molecule has 0 fully saturated rings. The van der Waals surface area contributed by atoms with E-state index in [2.05, 4.69) is 5.32 Å². The van der Waals surface area contributed by atoms with Crippen LogP contribution in [0.2, 0.25) is 10.0 Å². The van der Waals surface area contributed by atoms with Crippen molar-refractivity contribution in [1.82, 2.24) is 5.32 Å². The van der Waals surface area contributed by atoms with E-state index in [-0.39, 0.29) is 25.1 Å². The second kappa shape index (κ2) is 10.9. The smallest absolute Gasteiger partial charge is 0.0898 e. The molecule has 0 aliphatic rings. The Morgan fingerprint density at radius 3 is 2.46 bits per heavy atom. The van der Waals surface area contributed by atoms with Crippen molar-refractivity contribution in [3.05, 3.63) is 69.7 Å². The van der Waals surface area contributed by atoms with Crippen LogP contribution in [0, 0.1) is 0 Å². The minimum atomic E-state index is -0.566. The third-order valence-electron chi connectivity index (χ3n) is 3.50. The highest BCUT2D eigenvalue weighted by molar-refractivity contribution is 6.30. The molecule has 2 aromatic carbocycles. The molecule has 3 nitrogen and oxygen atoms in total. The molecule has 2 atom stereocenters. The van der Waals surface area contributed by atoms with Crippen LogP contribution in [0.3, 0.4) is 0 Å². The molecule has 0 heterocycles. The lowest BCUT2D eigenvalue weighted by Gasteiger charge is -2.18. The average Bonchev–Trinajstić information content (AvgIpc) is 2.54. The molecule has 2 rings (SSSR count). The van der Waals surface area contributed by atoms with Crippen LogP contribution in [0.4, 0.5) is 0 Å². The van der Waals surface area contributed by atoms with Crippen LogP contribution in [0.15, 0.2) is 48.5 Å². The van der Waals surface area contributed by atoms with E-state index in [0.29, 0.717) is 23.2 Å². The normalized spacial score (nSPS) is 13.2. The Kier molecular flexibility index (Phi) is 9.67. The van der Waals surface area contributed by atoms with Crippen molar-refractivity contribution in [2.24, 2.45) is 0 Å². The zero-order chi connectivity index (χ0) is 16.7. The van der Waals surface area contributed by atoms with E-state index in [4.69, 9.17) is 27.9 Å². The molecule has 2 N–H and O–H groups in total. The topological polar surface area (TPSA) is 41.5 Å². The van der Waals surface area contributed by atoms with E-state index < -0.39 is 6.10 Å². The van der Waals surface area contributed by atoms with Gasteiger partial charge in [-0.1, -0.05) is 47.5 Å². The monoisotopic (exact) mass is 389 g/mol. The molecule has 0 radical (unpaired) electrons. The molecule has 0 aliphatic carbocycles. The summed E-state index contributed by atoms with van der Waals surface area (Å²) >= 11 is 11.8. The second-order valence-electron chi connectivity index (χ2n) is 5.48. The zero-order valence-corrected chi connectivity index (χ0v) is 15.7. The number of ether oxygens (including phenoxy) is 1. The molecule has 0 bridgehead atoms. The van der Waals surface area contributed by atoms with Gasteiger partial charge in [-0.05, 0) is 42.3 Å². The molecular formula is C18H22Cl3NO2. The molecule has 6 heteroatoms. The first-order valence-corrected chi connectivity index (χ1v) is 8.29. The average molecular weight is 391 g/mol. The lowest BCUT2D eigenvalue weighted by molar-refractivity contribution is 0.0278. The van der Waals surface area contributed by atoms with Gasteiger partial charge in [-0.25, -0.2) is 0 Å². The summed E-state index contributed by atoms with van der Waals surface area (Å²) < 4.78 is 5.52. The summed E-state index contributed by atoms with van der Waals surface area (Å²) in [7, 11) is 0. The van der Waals surface area contributed by atoms with E-state index in [1.54, 1.807) is 0 Å². The van der Waals surface area contributed by atoms with Crippen LogP contribution in [0.5, 0.6) is 0 Å². The van der Waals surface area contributed by atoms with E-state index in [9.17, 15) is 5.11 Å². The molecule has 0 spiro atoms. The van der Waals surface area contributed by atoms with Crippen LogP contribution in [-0.2, 0) is 11.3 Å². The zero-order valence-electron chi connectivity index (χ0n) is 13.4. The molecule has 2 aromatic rings. The minimum Gasteiger partial charge on any atom is -0.389 e. The fourth-order valence-corrected chi connectivity index (χ4v) is 2.48. The van der Waals surface area contributed by atoms with E-state index >= 15 is 0 Å². The van der Waals surface area contributed by atoms with Gasteiger partial charge in [0.25, 0.3) is 0 Å². The summed E-state index contributed by atoms with van der Waals surface area (Å²) in [5.41, 5.74) is 2.12. The highest BCUT2D eigenvalue weighted by Crippen LogP contribution is 2.17. The van der Waals surface area contributed by atoms with Crippen molar-refractivity contribution in [1.29, 1.82) is 0 Å². The SMILES string of the molecule is CC(NCC(O)COCc1ccc(Cl)cc1)c1cccc(Cl)c1.Cl. The number of nitrogens with one attached hydrogen (secondary N) is 1. The summed E-state index contributed by atoms with van der Waals surface area (Å²) in [5.74, 6) is 0. The quantitative estimate of drug-likeness (QED) is 0.689. The molecule has 132 valence electrons. The van der Waals surface area contributed by atoms with Gasteiger partial charge in [0, 0.05) is 22.6 Å². The first-order valence-electron chi connectivity index (χ1n) is 7.53.